The lowest BCUT2D eigenvalue weighted by Crippen LogP contribution is -2.10. The molecule has 2 aromatic carbocycles. The van der Waals surface area contributed by atoms with Crippen LogP contribution in [-0.2, 0) is 14.6 Å². The highest BCUT2D eigenvalue weighted by Gasteiger charge is 2.27. The molecule has 0 aliphatic carbocycles. The van der Waals surface area contributed by atoms with Crippen LogP contribution in [0, 0.1) is 13.8 Å². The average Bonchev–Trinajstić information content (AvgIpc) is 3.30. The van der Waals surface area contributed by atoms with Gasteiger partial charge in [0.05, 0.1) is 11.5 Å². The van der Waals surface area contributed by atoms with Crippen molar-refractivity contribution in [1.29, 1.82) is 0 Å². The van der Waals surface area contributed by atoms with Crippen molar-refractivity contribution in [3.05, 3.63) is 53.6 Å². The zero-order chi connectivity index (χ0) is 15.7. The highest BCUT2D eigenvalue weighted by molar-refractivity contribution is 7.91. The van der Waals surface area contributed by atoms with E-state index in [9.17, 15) is 8.42 Å². The van der Waals surface area contributed by atoms with Gasteiger partial charge < -0.3 is 9.47 Å². The molecule has 1 atom stereocenters. The van der Waals surface area contributed by atoms with E-state index in [4.69, 9.17) is 9.47 Å². The molecule has 0 saturated carbocycles. The third-order valence-corrected chi connectivity index (χ3v) is 5.41. The van der Waals surface area contributed by atoms with Crippen LogP contribution >= 0.6 is 0 Å². The molecule has 1 aliphatic heterocycles. The standard InChI is InChI=1S/C17H18O4S/c1-12-6-8-15(9-7-12)22(18,19)16-5-3-4-13(2)17(16)21-11-14-10-20-14/h3-9,14H,10-11H2,1-2H3. The van der Waals surface area contributed by atoms with Crippen molar-refractivity contribution in [3.63, 3.8) is 0 Å². The predicted octanol–water partition coefficient (Wildman–Crippen LogP) is 2.91. The summed E-state index contributed by atoms with van der Waals surface area (Å²) in [5.74, 6) is 0.415. The number of rotatable bonds is 5. The Balaban J connectivity index is 2.01. The summed E-state index contributed by atoms with van der Waals surface area (Å²) in [4.78, 5) is 0.480. The van der Waals surface area contributed by atoms with Crippen LogP contribution in [0.1, 0.15) is 11.1 Å². The van der Waals surface area contributed by atoms with Crippen LogP contribution < -0.4 is 4.74 Å². The Morgan fingerprint density at radius 3 is 2.45 bits per heavy atom. The first kappa shape index (κ1) is 15.1. The zero-order valence-electron chi connectivity index (χ0n) is 12.6. The van der Waals surface area contributed by atoms with Crippen molar-refractivity contribution in [2.75, 3.05) is 13.2 Å². The van der Waals surface area contributed by atoms with Gasteiger partial charge in [-0.15, -0.1) is 0 Å². The Bertz CT molecular complexity index is 775. The van der Waals surface area contributed by atoms with Crippen LogP contribution in [0.4, 0.5) is 0 Å². The summed E-state index contributed by atoms with van der Waals surface area (Å²) in [7, 11) is -3.60. The Labute approximate surface area is 130 Å². The Morgan fingerprint density at radius 2 is 1.82 bits per heavy atom. The van der Waals surface area contributed by atoms with Crippen LogP contribution in [0.2, 0.25) is 0 Å². The van der Waals surface area contributed by atoms with Crippen molar-refractivity contribution < 1.29 is 17.9 Å². The molecule has 0 N–H and O–H groups in total. The summed E-state index contributed by atoms with van der Waals surface area (Å²) in [5.41, 5.74) is 1.82. The Kier molecular flexibility index (Phi) is 3.93. The van der Waals surface area contributed by atoms with Gasteiger partial charge in [-0.25, -0.2) is 8.42 Å². The van der Waals surface area contributed by atoms with Gasteiger partial charge in [-0.3, -0.25) is 0 Å². The van der Waals surface area contributed by atoms with Gasteiger partial charge in [0.25, 0.3) is 0 Å². The number of sulfone groups is 1. The average molecular weight is 318 g/mol. The molecule has 1 heterocycles. The van der Waals surface area contributed by atoms with E-state index in [1.807, 2.05) is 19.9 Å². The van der Waals surface area contributed by atoms with Gasteiger partial charge >= 0.3 is 0 Å². The smallest absolute Gasteiger partial charge is 0.210 e. The predicted molar refractivity (Wildman–Crippen MR) is 83.0 cm³/mol. The second-order valence-corrected chi connectivity index (χ2v) is 7.40. The SMILES string of the molecule is Cc1ccc(S(=O)(=O)c2cccc(C)c2OCC2CO2)cc1. The number of epoxide rings is 1. The lowest BCUT2D eigenvalue weighted by atomic mass is 10.2. The van der Waals surface area contributed by atoms with Crippen LogP contribution in [-0.4, -0.2) is 27.7 Å². The Hall–Kier alpha value is -1.85. The summed E-state index contributed by atoms with van der Waals surface area (Å²) < 4.78 is 36.6. The van der Waals surface area contributed by atoms with E-state index in [0.717, 1.165) is 11.1 Å². The van der Waals surface area contributed by atoms with Gasteiger partial charge in [-0.05, 0) is 37.6 Å². The van der Waals surface area contributed by atoms with Crippen LogP contribution in [0.15, 0.2) is 52.3 Å². The maximum atomic E-state index is 12.9. The van der Waals surface area contributed by atoms with Crippen LogP contribution in [0.25, 0.3) is 0 Å². The molecule has 2 aromatic rings. The van der Waals surface area contributed by atoms with Crippen molar-refractivity contribution in [1.82, 2.24) is 0 Å². The molecule has 0 spiro atoms. The fourth-order valence-corrected chi connectivity index (χ4v) is 3.68. The maximum absolute atomic E-state index is 12.9. The van der Waals surface area contributed by atoms with E-state index in [-0.39, 0.29) is 15.9 Å². The van der Waals surface area contributed by atoms with E-state index < -0.39 is 9.84 Å². The summed E-state index contributed by atoms with van der Waals surface area (Å²) in [5, 5.41) is 0. The molecular formula is C17H18O4S. The number of hydrogen-bond donors (Lipinski definition) is 0. The lowest BCUT2D eigenvalue weighted by Gasteiger charge is -2.14. The second-order valence-electron chi connectivity index (χ2n) is 5.49. The van der Waals surface area contributed by atoms with Crippen molar-refractivity contribution in [2.45, 2.75) is 29.7 Å². The van der Waals surface area contributed by atoms with Gasteiger partial charge in [0.1, 0.15) is 23.4 Å². The topological polar surface area (TPSA) is 55.9 Å². The van der Waals surface area contributed by atoms with Crippen LogP contribution in [0.5, 0.6) is 5.75 Å². The number of benzene rings is 2. The molecule has 3 rings (SSSR count). The largest absolute Gasteiger partial charge is 0.489 e. The minimum atomic E-state index is -3.60. The van der Waals surface area contributed by atoms with E-state index in [1.165, 1.54) is 0 Å². The van der Waals surface area contributed by atoms with Crippen LogP contribution in [0.3, 0.4) is 0 Å². The highest BCUT2D eigenvalue weighted by Crippen LogP contribution is 2.32. The summed E-state index contributed by atoms with van der Waals surface area (Å²) >= 11 is 0. The number of ether oxygens (including phenoxy) is 2. The molecule has 0 radical (unpaired) electrons. The minimum absolute atomic E-state index is 0.0783. The fraction of sp³-hybridized carbons (Fsp3) is 0.294. The molecule has 22 heavy (non-hydrogen) atoms. The first-order valence-electron chi connectivity index (χ1n) is 7.14. The number of aryl methyl sites for hydroxylation is 2. The molecule has 116 valence electrons. The highest BCUT2D eigenvalue weighted by atomic mass is 32.2. The molecule has 4 nitrogen and oxygen atoms in total. The zero-order valence-corrected chi connectivity index (χ0v) is 13.4. The molecule has 1 unspecified atom stereocenters. The Morgan fingerprint density at radius 1 is 1.14 bits per heavy atom. The molecule has 0 aromatic heterocycles. The third kappa shape index (κ3) is 3.00. The van der Waals surface area contributed by atoms with E-state index in [1.54, 1.807) is 36.4 Å². The van der Waals surface area contributed by atoms with Crippen molar-refractivity contribution in [3.8, 4) is 5.75 Å². The van der Waals surface area contributed by atoms with Gasteiger partial charge in [-0.2, -0.15) is 0 Å². The summed E-state index contributed by atoms with van der Waals surface area (Å²) in [6.45, 7) is 4.82. The van der Waals surface area contributed by atoms with E-state index in [0.29, 0.717) is 19.0 Å². The molecule has 5 heteroatoms. The first-order chi connectivity index (χ1) is 10.5. The normalized spacial score (nSPS) is 17.3. The first-order valence-corrected chi connectivity index (χ1v) is 8.62. The van der Waals surface area contributed by atoms with Gasteiger partial charge in [0.2, 0.25) is 9.84 Å². The van der Waals surface area contributed by atoms with E-state index in [2.05, 4.69) is 0 Å². The van der Waals surface area contributed by atoms with E-state index >= 15 is 0 Å². The summed E-state index contributed by atoms with van der Waals surface area (Å²) in [6, 6.07) is 12.0. The quantitative estimate of drug-likeness (QED) is 0.795. The lowest BCUT2D eigenvalue weighted by molar-refractivity contribution is 0.256. The summed E-state index contributed by atoms with van der Waals surface area (Å²) in [6.07, 6.45) is 0.0783. The van der Waals surface area contributed by atoms with Crippen molar-refractivity contribution >= 4 is 9.84 Å². The van der Waals surface area contributed by atoms with Gasteiger partial charge in [0.15, 0.2) is 0 Å². The molecule has 1 fully saturated rings. The molecular weight excluding hydrogens is 300 g/mol. The monoisotopic (exact) mass is 318 g/mol. The van der Waals surface area contributed by atoms with Gasteiger partial charge in [0, 0.05) is 0 Å². The number of hydrogen-bond acceptors (Lipinski definition) is 4. The molecule has 1 aliphatic rings. The van der Waals surface area contributed by atoms with Gasteiger partial charge in [-0.1, -0.05) is 29.8 Å². The minimum Gasteiger partial charge on any atom is -0.489 e. The fourth-order valence-electron chi connectivity index (χ4n) is 2.21. The molecule has 1 saturated heterocycles. The molecule has 0 bridgehead atoms. The third-order valence-electron chi connectivity index (χ3n) is 3.61. The second kappa shape index (κ2) is 5.74. The van der Waals surface area contributed by atoms with Crippen molar-refractivity contribution in [2.24, 2.45) is 0 Å². The molecule has 0 amide bonds. The number of para-hydroxylation sites is 1. The maximum Gasteiger partial charge on any atom is 0.210 e.